The van der Waals surface area contributed by atoms with E-state index in [2.05, 4.69) is 9.88 Å². The molecule has 1 aliphatic heterocycles. The van der Waals surface area contributed by atoms with Gasteiger partial charge in [-0.3, -0.25) is 9.69 Å². The first-order chi connectivity index (χ1) is 8.56. The Hall–Kier alpha value is -1.47. The lowest BCUT2D eigenvalue weighted by molar-refractivity contribution is -0.130. The third-order valence-electron chi connectivity index (χ3n) is 2.94. The molecule has 1 amide bonds. The quantitative estimate of drug-likeness (QED) is 0.865. The second kappa shape index (κ2) is 5.45. The van der Waals surface area contributed by atoms with Crippen molar-refractivity contribution >= 4 is 23.2 Å². The lowest BCUT2D eigenvalue weighted by Crippen LogP contribution is -2.47. The molecular weight excluding hydrogens is 254 g/mol. The zero-order chi connectivity index (χ0) is 13.1. The molecule has 1 fully saturated rings. The maximum Gasteiger partial charge on any atom is 0.365 e. The first-order valence-electron chi connectivity index (χ1n) is 5.72. The van der Waals surface area contributed by atoms with E-state index in [1.165, 1.54) is 0 Å². The largest absolute Gasteiger partial charge is 0.476 e. The van der Waals surface area contributed by atoms with Gasteiger partial charge in [-0.2, -0.15) is 0 Å². The molecule has 0 saturated carbocycles. The summed E-state index contributed by atoms with van der Waals surface area (Å²) >= 11 is 1.15. The van der Waals surface area contributed by atoms with Gasteiger partial charge in [0.1, 0.15) is 0 Å². The van der Waals surface area contributed by atoms with E-state index in [9.17, 15) is 9.59 Å². The molecule has 2 rings (SSSR count). The molecule has 1 aromatic rings. The van der Waals surface area contributed by atoms with Crippen molar-refractivity contribution in [3.8, 4) is 0 Å². The highest BCUT2D eigenvalue weighted by Gasteiger charge is 2.19. The second-order valence-corrected chi connectivity index (χ2v) is 5.09. The van der Waals surface area contributed by atoms with Crippen molar-refractivity contribution in [2.75, 3.05) is 26.2 Å². The predicted molar refractivity (Wildman–Crippen MR) is 66.6 cm³/mol. The standard InChI is InChI=1S/C11H15N3O3S/c1-8(15)14-4-2-13(3-5-14)6-9-7-18-10(12-9)11(16)17/h7H,2-6H2,1H3,(H,16,17). The van der Waals surface area contributed by atoms with E-state index in [-0.39, 0.29) is 10.9 Å². The summed E-state index contributed by atoms with van der Waals surface area (Å²) in [4.78, 5) is 29.9. The highest BCUT2D eigenvalue weighted by atomic mass is 32.1. The fourth-order valence-corrected chi connectivity index (χ4v) is 2.57. The summed E-state index contributed by atoms with van der Waals surface area (Å²) in [5, 5.41) is 10.7. The minimum absolute atomic E-state index is 0.108. The number of nitrogens with zero attached hydrogens (tertiary/aromatic N) is 3. The molecule has 18 heavy (non-hydrogen) atoms. The molecule has 7 heteroatoms. The van der Waals surface area contributed by atoms with Crippen LogP contribution in [-0.4, -0.2) is 57.9 Å². The topological polar surface area (TPSA) is 73.7 Å². The van der Waals surface area contributed by atoms with Crippen molar-refractivity contribution in [1.29, 1.82) is 0 Å². The van der Waals surface area contributed by atoms with Crippen LogP contribution in [-0.2, 0) is 11.3 Å². The van der Waals surface area contributed by atoms with Crippen molar-refractivity contribution < 1.29 is 14.7 Å². The number of hydrogen-bond acceptors (Lipinski definition) is 5. The van der Waals surface area contributed by atoms with Crippen molar-refractivity contribution in [2.24, 2.45) is 0 Å². The van der Waals surface area contributed by atoms with Crippen LogP contribution in [0.1, 0.15) is 22.4 Å². The lowest BCUT2D eigenvalue weighted by atomic mass is 10.3. The van der Waals surface area contributed by atoms with Crippen molar-refractivity contribution in [3.63, 3.8) is 0 Å². The van der Waals surface area contributed by atoms with Gasteiger partial charge in [0.2, 0.25) is 10.9 Å². The lowest BCUT2D eigenvalue weighted by Gasteiger charge is -2.33. The Bertz CT molecular complexity index is 452. The van der Waals surface area contributed by atoms with Gasteiger partial charge in [0, 0.05) is 45.0 Å². The smallest absolute Gasteiger partial charge is 0.365 e. The van der Waals surface area contributed by atoms with Crippen LogP contribution < -0.4 is 0 Å². The van der Waals surface area contributed by atoms with E-state index >= 15 is 0 Å². The number of carbonyl (C=O) groups excluding carboxylic acids is 1. The number of thiazole rings is 1. The number of aromatic carboxylic acids is 1. The van der Waals surface area contributed by atoms with Crippen LogP contribution in [0.5, 0.6) is 0 Å². The fourth-order valence-electron chi connectivity index (χ4n) is 1.93. The van der Waals surface area contributed by atoms with Gasteiger partial charge in [0.05, 0.1) is 5.69 Å². The van der Waals surface area contributed by atoms with Gasteiger partial charge in [-0.15, -0.1) is 11.3 Å². The molecule has 98 valence electrons. The molecule has 0 aromatic carbocycles. The van der Waals surface area contributed by atoms with E-state index < -0.39 is 5.97 Å². The number of carbonyl (C=O) groups is 2. The van der Waals surface area contributed by atoms with Crippen LogP contribution >= 0.6 is 11.3 Å². The number of piperazine rings is 1. The Morgan fingerprint density at radius 3 is 2.56 bits per heavy atom. The van der Waals surface area contributed by atoms with E-state index in [1.807, 2.05) is 4.90 Å². The number of hydrogen-bond donors (Lipinski definition) is 1. The summed E-state index contributed by atoms with van der Waals surface area (Å²) in [7, 11) is 0. The molecule has 2 heterocycles. The first kappa shape index (κ1) is 13.0. The van der Waals surface area contributed by atoms with Crippen LogP contribution in [0.4, 0.5) is 0 Å². The van der Waals surface area contributed by atoms with E-state index in [0.29, 0.717) is 6.54 Å². The zero-order valence-corrected chi connectivity index (χ0v) is 10.9. The Labute approximate surface area is 109 Å². The van der Waals surface area contributed by atoms with Gasteiger partial charge in [-0.25, -0.2) is 9.78 Å². The molecule has 0 spiro atoms. The predicted octanol–water partition coefficient (Wildman–Crippen LogP) is 0.505. The average Bonchev–Trinajstić information content (AvgIpc) is 2.78. The minimum Gasteiger partial charge on any atom is -0.476 e. The molecule has 0 atom stereocenters. The third-order valence-corrected chi connectivity index (χ3v) is 3.82. The maximum absolute atomic E-state index is 11.2. The van der Waals surface area contributed by atoms with Crippen molar-refractivity contribution in [3.05, 3.63) is 16.1 Å². The molecule has 0 unspecified atom stereocenters. The van der Waals surface area contributed by atoms with Crippen molar-refractivity contribution in [1.82, 2.24) is 14.8 Å². The Balaban J connectivity index is 1.87. The van der Waals surface area contributed by atoms with Crippen LogP contribution in [0, 0.1) is 0 Å². The monoisotopic (exact) mass is 269 g/mol. The second-order valence-electron chi connectivity index (χ2n) is 4.23. The number of rotatable bonds is 3. The van der Waals surface area contributed by atoms with Crippen LogP contribution in [0.2, 0.25) is 0 Å². The van der Waals surface area contributed by atoms with E-state index in [1.54, 1.807) is 12.3 Å². The third kappa shape index (κ3) is 3.05. The van der Waals surface area contributed by atoms with Crippen LogP contribution in [0.25, 0.3) is 0 Å². The van der Waals surface area contributed by atoms with Gasteiger partial charge >= 0.3 is 5.97 Å². The van der Waals surface area contributed by atoms with Gasteiger partial charge in [0.25, 0.3) is 0 Å². The van der Waals surface area contributed by atoms with Gasteiger partial charge < -0.3 is 10.0 Å². The summed E-state index contributed by atoms with van der Waals surface area (Å²) in [6, 6.07) is 0. The molecule has 1 N–H and O–H groups in total. The summed E-state index contributed by atoms with van der Waals surface area (Å²) in [5.74, 6) is -0.871. The van der Waals surface area contributed by atoms with Gasteiger partial charge in [0.15, 0.2) is 0 Å². The molecule has 0 aliphatic carbocycles. The number of carboxylic acids is 1. The molecule has 1 saturated heterocycles. The molecule has 1 aliphatic rings. The van der Waals surface area contributed by atoms with E-state index in [0.717, 1.165) is 43.2 Å². The highest BCUT2D eigenvalue weighted by Crippen LogP contribution is 2.13. The summed E-state index contributed by atoms with van der Waals surface area (Å²) in [5.41, 5.74) is 0.786. The fraction of sp³-hybridized carbons (Fsp3) is 0.545. The summed E-state index contributed by atoms with van der Waals surface area (Å²) < 4.78 is 0. The number of amides is 1. The van der Waals surface area contributed by atoms with Crippen LogP contribution in [0.15, 0.2) is 5.38 Å². The normalized spacial score (nSPS) is 16.8. The Morgan fingerprint density at radius 1 is 1.39 bits per heavy atom. The Kier molecular flexibility index (Phi) is 3.93. The molecule has 0 bridgehead atoms. The molecule has 1 aromatic heterocycles. The molecular formula is C11H15N3O3S. The SMILES string of the molecule is CC(=O)N1CCN(Cc2csc(C(=O)O)n2)CC1. The van der Waals surface area contributed by atoms with Crippen LogP contribution in [0.3, 0.4) is 0 Å². The van der Waals surface area contributed by atoms with Gasteiger partial charge in [-0.1, -0.05) is 0 Å². The number of carboxylic acid groups (broad SMARTS) is 1. The van der Waals surface area contributed by atoms with E-state index in [4.69, 9.17) is 5.11 Å². The Morgan fingerprint density at radius 2 is 2.06 bits per heavy atom. The average molecular weight is 269 g/mol. The maximum atomic E-state index is 11.2. The zero-order valence-electron chi connectivity index (χ0n) is 10.1. The summed E-state index contributed by atoms with van der Waals surface area (Å²) in [6.07, 6.45) is 0. The van der Waals surface area contributed by atoms with Crippen molar-refractivity contribution in [2.45, 2.75) is 13.5 Å². The molecule has 6 nitrogen and oxygen atoms in total. The highest BCUT2D eigenvalue weighted by molar-refractivity contribution is 7.11. The number of aromatic nitrogens is 1. The first-order valence-corrected chi connectivity index (χ1v) is 6.60. The summed E-state index contributed by atoms with van der Waals surface area (Å²) in [6.45, 7) is 5.29. The minimum atomic E-state index is -0.979. The van der Waals surface area contributed by atoms with Gasteiger partial charge in [-0.05, 0) is 0 Å². The molecule has 0 radical (unpaired) electrons.